The fourth-order valence-corrected chi connectivity index (χ4v) is 1.36. The summed E-state index contributed by atoms with van der Waals surface area (Å²) in [5.41, 5.74) is -0.946. The van der Waals surface area contributed by atoms with Crippen LogP contribution in [-0.2, 0) is 19.1 Å². The zero-order chi connectivity index (χ0) is 19.9. The average molecular weight is 388 g/mol. The Kier molecular flexibility index (Phi) is 20.0. The van der Waals surface area contributed by atoms with E-state index in [1.165, 1.54) is 6.92 Å². The van der Waals surface area contributed by atoms with Crippen molar-refractivity contribution in [1.29, 1.82) is 0 Å². The summed E-state index contributed by atoms with van der Waals surface area (Å²) in [6.07, 6.45) is 2.10. The average Bonchev–Trinajstić information content (AvgIpc) is 2.56. The molecule has 0 aliphatic rings. The molecule has 0 heterocycles. The molecule has 0 aromatic rings. The molecule has 0 bridgehead atoms. The quantitative estimate of drug-likeness (QED) is 0.104. The minimum Gasteiger partial charge on any atom is -1.00 e. The number of unbranched alkanes of at least 4 members (excludes halogenated alkanes) is 2. The van der Waals surface area contributed by atoms with E-state index in [9.17, 15) is 14.4 Å². The number of aliphatic hydroxyl groups is 3. The van der Waals surface area contributed by atoms with Crippen LogP contribution in [0.3, 0.4) is 0 Å². The van der Waals surface area contributed by atoms with E-state index in [0.29, 0.717) is 19.3 Å². The number of aliphatic hydroxyl groups excluding tert-OH is 3. The minimum atomic E-state index is -1.18. The van der Waals surface area contributed by atoms with Gasteiger partial charge in [-0.3, -0.25) is 9.59 Å². The molecule has 0 aromatic heterocycles. The number of carbonyl (C=O) groups excluding carboxylic acids is 1. The molecule has 26 heavy (non-hydrogen) atoms. The monoisotopic (exact) mass is 388 g/mol. The van der Waals surface area contributed by atoms with Crippen LogP contribution in [0.1, 0.15) is 40.5 Å². The molecule has 0 spiro atoms. The number of esters is 1. The Morgan fingerprint density at radius 2 is 1.31 bits per heavy atom. The predicted molar refractivity (Wildman–Crippen MR) is 88.9 cm³/mol. The molecule has 148 valence electrons. The van der Waals surface area contributed by atoms with E-state index < -0.39 is 43.1 Å². The second-order valence-electron chi connectivity index (χ2n) is 5.68. The maximum atomic E-state index is 11.0. The molecule has 0 aromatic carbocycles. The van der Waals surface area contributed by atoms with E-state index in [1.54, 1.807) is 0 Å². The molecule has 0 aliphatic heterocycles. The summed E-state index contributed by atoms with van der Waals surface area (Å²) in [4.78, 5) is 30.9. The van der Waals surface area contributed by atoms with Crippen molar-refractivity contribution in [2.75, 3.05) is 26.4 Å². The topological polar surface area (TPSA) is 162 Å². The van der Waals surface area contributed by atoms with Gasteiger partial charge >= 0.3 is 47.5 Å². The van der Waals surface area contributed by atoms with Gasteiger partial charge in [-0.25, -0.2) is 4.79 Å². The van der Waals surface area contributed by atoms with Crippen LogP contribution < -0.4 is 29.6 Å². The molecule has 0 atom stereocenters. The zero-order valence-corrected chi connectivity index (χ0v) is 17.4. The Balaban J connectivity index is -0.000000187. The first kappa shape index (κ1) is 29.8. The Bertz CT molecular complexity index is 415. The van der Waals surface area contributed by atoms with Crippen molar-refractivity contribution < 1.29 is 75.6 Å². The van der Waals surface area contributed by atoms with E-state index >= 15 is 0 Å². The maximum Gasteiger partial charge on any atom is 1.00 e. The van der Waals surface area contributed by atoms with Crippen molar-refractivity contribution >= 4 is 17.9 Å². The fraction of sp³-hybridized carbons (Fsp3) is 0.688. The van der Waals surface area contributed by atoms with Gasteiger partial charge in [-0.05, 0) is 19.8 Å². The second kappa shape index (κ2) is 17.4. The molecule has 0 amide bonds. The van der Waals surface area contributed by atoms with E-state index in [4.69, 9.17) is 30.3 Å². The van der Waals surface area contributed by atoms with E-state index in [1.807, 2.05) is 0 Å². The van der Waals surface area contributed by atoms with Gasteiger partial charge in [0.2, 0.25) is 0 Å². The van der Waals surface area contributed by atoms with E-state index in [0.717, 1.165) is 0 Å². The molecular formula is C16H29NaO9. The van der Waals surface area contributed by atoms with Crippen LogP contribution in [0.4, 0.5) is 0 Å². The molecule has 5 N–H and O–H groups in total. The number of carboxylic acid groups (broad SMARTS) is 2. The minimum absolute atomic E-state index is 0. The van der Waals surface area contributed by atoms with Gasteiger partial charge in [0.1, 0.15) is 6.61 Å². The summed E-state index contributed by atoms with van der Waals surface area (Å²) in [5, 5.41) is 43.1. The SMILES string of the molecule is C=C(C)C(=O)OCC(CO)(CO)CO.O=C(O)CCCCCC(=O)O.[H-].[Na+]. The van der Waals surface area contributed by atoms with Crippen molar-refractivity contribution in [3.8, 4) is 0 Å². The Hall–Kier alpha value is -0.970. The fourth-order valence-electron chi connectivity index (χ4n) is 1.36. The summed E-state index contributed by atoms with van der Waals surface area (Å²) in [6.45, 7) is 3.26. The number of carbonyl (C=O) groups is 3. The zero-order valence-electron chi connectivity index (χ0n) is 16.4. The van der Waals surface area contributed by atoms with Gasteiger partial charge in [-0.15, -0.1) is 0 Å². The number of carboxylic acids is 2. The second-order valence-corrected chi connectivity index (χ2v) is 5.68. The molecular weight excluding hydrogens is 359 g/mol. The van der Waals surface area contributed by atoms with Crippen molar-refractivity contribution in [1.82, 2.24) is 0 Å². The number of hydrogen-bond acceptors (Lipinski definition) is 7. The van der Waals surface area contributed by atoms with Crippen molar-refractivity contribution in [3.63, 3.8) is 0 Å². The smallest absolute Gasteiger partial charge is 1.00 e. The van der Waals surface area contributed by atoms with Gasteiger partial charge in [0, 0.05) is 18.4 Å². The van der Waals surface area contributed by atoms with Crippen molar-refractivity contribution in [3.05, 3.63) is 12.2 Å². The largest absolute Gasteiger partial charge is 1.00 e. The van der Waals surface area contributed by atoms with Gasteiger partial charge < -0.3 is 31.7 Å². The predicted octanol–water partition coefficient (Wildman–Crippen LogP) is -2.71. The molecule has 0 unspecified atom stereocenters. The van der Waals surface area contributed by atoms with Crippen molar-refractivity contribution in [2.45, 2.75) is 39.0 Å². The van der Waals surface area contributed by atoms with Crippen LogP contribution in [0, 0.1) is 5.41 Å². The molecule has 0 rings (SSSR count). The molecule has 10 heteroatoms. The molecule has 9 nitrogen and oxygen atoms in total. The summed E-state index contributed by atoms with van der Waals surface area (Å²) in [5.74, 6) is -2.25. The normalized spacial score (nSPS) is 10.0. The van der Waals surface area contributed by atoms with Gasteiger partial charge in [0.15, 0.2) is 0 Å². The third-order valence-corrected chi connectivity index (χ3v) is 3.15. The van der Waals surface area contributed by atoms with Crippen molar-refractivity contribution in [2.24, 2.45) is 5.41 Å². The third-order valence-electron chi connectivity index (χ3n) is 3.15. The Morgan fingerprint density at radius 3 is 1.58 bits per heavy atom. The summed E-state index contributed by atoms with van der Waals surface area (Å²) >= 11 is 0. The Morgan fingerprint density at radius 1 is 0.923 bits per heavy atom. The molecule has 0 aliphatic carbocycles. The first-order valence-corrected chi connectivity index (χ1v) is 7.73. The van der Waals surface area contributed by atoms with Crippen LogP contribution in [0.5, 0.6) is 0 Å². The number of ether oxygens (including phenoxy) is 1. The van der Waals surface area contributed by atoms with Gasteiger partial charge in [0.05, 0.1) is 25.2 Å². The van der Waals surface area contributed by atoms with Crippen LogP contribution in [-0.4, -0.2) is 69.9 Å². The number of rotatable bonds is 12. The standard InChI is InChI=1S/C9H16O5.C7H12O4.Na.H/c1-7(2)8(13)14-6-9(3-10,4-11)5-12;8-6(9)4-2-1-3-5-7(10)11;;/h10-12H,1,3-6H2,2H3;1-5H2,(H,8,9)(H,10,11);;/q;;+1;-1. The van der Waals surface area contributed by atoms with Crippen LogP contribution >= 0.6 is 0 Å². The van der Waals surface area contributed by atoms with E-state index in [-0.39, 0.29) is 56.0 Å². The first-order valence-electron chi connectivity index (χ1n) is 7.73. The first-order chi connectivity index (χ1) is 11.6. The maximum absolute atomic E-state index is 11.0. The van der Waals surface area contributed by atoms with Gasteiger partial charge in [-0.1, -0.05) is 13.0 Å². The Labute approximate surface area is 176 Å². The van der Waals surface area contributed by atoms with Crippen LogP contribution in [0.15, 0.2) is 12.2 Å². The third kappa shape index (κ3) is 16.5. The van der Waals surface area contributed by atoms with E-state index in [2.05, 4.69) is 6.58 Å². The molecule has 0 saturated carbocycles. The number of aliphatic carboxylic acids is 2. The van der Waals surface area contributed by atoms with Gasteiger partial charge in [0.25, 0.3) is 0 Å². The van der Waals surface area contributed by atoms with Gasteiger partial charge in [-0.2, -0.15) is 0 Å². The summed E-state index contributed by atoms with van der Waals surface area (Å²) in [7, 11) is 0. The summed E-state index contributed by atoms with van der Waals surface area (Å²) < 4.78 is 4.72. The molecule has 0 radical (unpaired) electrons. The number of hydrogen-bond donors (Lipinski definition) is 5. The molecule has 0 saturated heterocycles. The summed E-state index contributed by atoms with van der Waals surface area (Å²) in [6, 6.07) is 0. The van der Waals surface area contributed by atoms with Crippen LogP contribution in [0.25, 0.3) is 0 Å². The molecule has 0 fully saturated rings. The van der Waals surface area contributed by atoms with Crippen LogP contribution in [0.2, 0.25) is 0 Å².